The molecule has 0 amide bonds. The summed E-state index contributed by atoms with van der Waals surface area (Å²) < 4.78 is 12.1. The van der Waals surface area contributed by atoms with Gasteiger partial charge in [0.05, 0.1) is 19.4 Å². The lowest BCUT2D eigenvalue weighted by Gasteiger charge is -2.16. The number of benzene rings is 1. The molecule has 0 unspecified atom stereocenters. The van der Waals surface area contributed by atoms with Gasteiger partial charge < -0.3 is 25.0 Å². The lowest BCUT2D eigenvalue weighted by molar-refractivity contribution is -0.155. The van der Waals surface area contributed by atoms with E-state index in [2.05, 4.69) is 10.3 Å². The first-order chi connectivity index (χ1) is 14.5. The summed E-state index contributed by atoms with van der Waals surface area (Å²) in [6.45, 7) is 0.102. The Hall–Kier alpha value is -3.24. The zero-order valence-corrected chi connectivity index (χ0v) is 16.1. The summed E-state index contributed by atoms with van der Waals surface area (Å²) in [7, 11) is 0. The smallest absolute Gasteiger partial charge is 0.351 e. The Labute approximate surface area is 172 Å². The zero-order chi connectivity index (χ0) is 21.5. The molecule has 1 fully saturated rings. The van der Waals surface area contributed by atoms with Crippen LogP contribution in [-0.4, -0.2) is 50.5 Å². The Bertz CT molecular complexity index is 931. The number of rotatable bonds is 9. The number of aliphatic hydroxyl groups excluding tert-OH is 1. The maximum absolute atomic E-state index is 12.4. The van der Waals surface area contributed by atoms with Gasteiger partial charge in [0, 0.05) is 19.2 Å². The number of aliphatic carboxylic acids is 1. The minimum atomic E-state index is -1.11. The average molecular weight is 417 g/mol. The van der Waals surface area contributed by atoms with E-state index in [1.807, 2.05) is 30.3 Å². The first kappa shape index (κ1) is 21.5. The molecule has 1 aromatic heterocycles. The molecule has 3 N–H and O–H groups in total. The molecule has 0 saturated carbocycles. The second kappa shape index (κ2) is 9.99. The zero-order valence-electron chi connectivity index (χ0n) is 16.1. The van der Waals surface area contributed by atoms with Gasteiger partial charge in [-0.15, -0.1) is 0 Å². The Kier molecular flexibility index (Phi) is 7.15. The maximum atomic E-state index is 12.4. The van der Waals surface area contributed by atoms with E-state index in [1.165, 1.54) is 10.8 Å². The number of ether oxygens (including phenoxy) is 2. The van der Waals surface area contributed by atoms with E-state index in [0.717, 1.165) is 5.56 Å². The maximum Gasteiger partial charge on any atom is 0.351 e. The molecule has 2 aromatic rings. The highest BCUT2D eigenvalue weighted by Gasteiger charge is 2.39. The van der Waals surface area contributed by atoms with Crippen LogP contribution in [0.25, 0.3) is 0 Å². The van der Waals surface area contributed by atoms with Crippen molar-refractivity contribution in [2.45, 2.75) is 44.2 Å². The van der Waals surface area contributed by atoms with Gasteiger partial charge in [0.15, 0.2) is 0 Å². The highest BCUT2D eigenvalue weighted by atomic mass is 16.6. The summed E-state index contributed by atoms with van der Waals surface area (Å²) in [6, 6.07) is 11.3. The molecule has 3 rings (SSSR count). The van der Waals surface area contributed by atoms with Crippen molar-refractivity contribution in [3.8, 4) is 0 Å². The summed E-state index contributed by atoms with van der Waals surface area (Å²) in [4.78, 5) is 38.8. The Morgan fingerprint density at radius 3 is 2.67 bits per heavy atom. The third-order valence-corrected chi connectivity index (χ3v) is 4.64. The van der Waals surface area contributed by atoms with Gasteiger partial charge in [-0.3, -0.25) is 14.2 Å². The van der Waals surface area contributed by atoms with Crippen LogP contribution in [0.2, 0.25) is 0 Å². The molecule has 1 aliphatic rings. The van der Waals surface area contributed by atoms with E-state index in [1.54, 1.807) is 6.07 Å². The number of aliphatic hydroxyl groups is 1. The van der Waals surface area contributed by atoms with Crippen molar-refractivity contribution in [1.29, 1.82) is 0 Å². The molecule has 0 aliphatic carbocycles. The molecule has 3 atom stereocenters. The normalized spacial score (nSPS) is 20.6. The van der Waals surface area contributed by atoms with Gasteiger partial charge in [-0.2, -0.15) is 4.98 Å². The van der Waals surface area contributed by atoms with Crippen molar-refractivity contribution in [3.05, 3.63) is 58.6 Å². The van der Waals surface area contributed by atoms with Crippen LogP contribution >= 0.6 is 0 Å². The standard InChI is InChI=1S/C20H23N3O7/c24-12-15-14(30-19(27)7-6-18(25)26)10-17(29-15)23-9-8-16(22-20(23)28)21-11-13-4-2-1-3-5-13/h1-5,8-9,14-15,17,24H,6-7,10-12H2,(H,25,26)(H,21,22,28)/t14-,15+,17+/m0/s1. The number of anilines is 1. The predicted octanol–water partition coefficient (Wildman–Crippen LogP) is 0.912. The minimum absolute atomic E-state index is 0.141. The minimum Gasteiger partial charge on any atom is -0.481 e. The number of nitrogens with one attached hydrogen (secondary N) is 1. The predicted molar refractivity (Wildman–Crippen MR) is 105 cm³/mol. The van der Waals surface area contributed by atoms with Gasteiger partial charge in [-0.05, 0) is 11.6 Å². The van der Waals surface area contributed by atoms with Crippen LogP contribution in [0.3, 0.4) is 0 Å². The van der Waals surface area contributed by atoms with E-state index < -0.39 is 42.7 Å². The van der Waals surface area contributed by atoms with Crippen molar-refractivity contribution in [2.75, 3.05) is 11.9 Å². The Morgan fingerprint density at radius 2 is 2.00 bits per heavy atom. The molecule has 0 radical (unpaired) electrons. The lowest BCUT2D eigenvalue weighted by atomic mass is 10.2. The summed E-state index contributed by atoms with van der Waals surface area (Å²) in [5, 5.41) is 21.2. The number of carbonyl (C=O) groups excluding carboxylic acids is 1. The SMILES string of the molecule is O=C(O)CCC(=O)O[C@H]1C[C@H](n2ccc(NCc3ccccc3)nc2=O)O[C@@H]1CO. The van der Waals surface area contributed by atoms with Crippen LogP contribution in [0, 0.1) is 0 Å². The van der Waals surface area contributed by atoms with Crippen molar-refractivity contribution in [3.63, 3.8) is 0 Å². The Balaban J connectivity index is 1.61. The summed E-state index contributed by atoms with van der Waals surface area (Å²) in [6.07, 6.45) is -1.32. The van der Waals surface area contributed by atoms with E-state index in [0.29, 0.717) is 12.4 Å². The molecular weight excluding hydrogens is 394 g/mol. The summed E-state index contributed by atoms with van der Waals surface area (Å²) >= 11 is 0. The van der Waals surface area contributed by atoms with Crippen LogP contribution in [-0.2, 0) is 25.6 Å². The molecule has 1 aliphatic heterocycles. The summed E-state index contributed by atoms with van der Waals surface area (Å²) in [5.74, 6) is -1.39. The van der Waals surface area contributed by atoms with Gasteiger partial charge in [0.1, 0.15) is 24.3 Å². The largest absolute Gasteiger partial charge is 0.481 e. The number of aromatic nitrogens is 2. The Morgan fingerprint density at radius 1 is 1.23 bits per heavy atom. The monoisotopic (exact) mass is 417 g/mol. The topological polar surface area (TPSA) is 140 Å². The highest BCUT2D eigenvalue weighted by Crippen LogP contribution is 2.30. The third-order valence-electron chi connectivity index (χ3n) is 4.64. The molecule has 0 bridgehead atoms. The molecule has 30 heavy (non-hydrogen) atoms. The van der Waals surface area contributed by atoms with Gasteiger partial charge >= 0.3 is 17.6 Å². The van der Waals surface area contributed by atoms with Crippen LogP contribution < -0.4 is 11.0 Å². The lowest BCUT2D eigenvalue weighted by Crippen LogP contribution is -2.30. The second-order valence-electron chi connectivity index (χ2n) is 6.81. The summed E-state index contributed by atoms with van der Waals surface area (Å²) in [5.41, 5.74) is 0.494. The fourth-order valence-corrected chi connectivity index (χ4v) is 3.11. The van der Waals surface area contributed by atoms with Crippen molar-refractivity contribution in [1.82, 2.24) is 9.55 Å². The number of nitrogens with zero attached hydrogens (tertiary/aromatic N) is 2. The fraction of sp³-hybridized carbons (Fsp3) is 0.400. The van der Waals surface area contributed by atoms with Crippen molar-refractivity contribution < 1.29 is 29.3 Å². The van der Waals surface area contributed by atoms with Crippen molar-refractivity contribution >= 4 is 17.8 Å². The molecule has 2 heterocycles. The van der Waals surface area contributed by atoms with Crippen LogP contribution in [0.15, 0.2) is 47.4 Å². The molecule has 0 spiro atoms. The van der Waals surface area contributed by atoms with Gasteiger partial charge in [0.25, 0.3) is 0 Å². The van der Waals surface area contributed by atoms with Crippen LogP contribution in [0.5, 0.6) is 0 Å². The number of hydrogen-bond donors (Lipinski definition) is 3. The van der Waals surface area contributed by atoms with E-state index in [9.17, 15) is 19.5 Å². The molecular formula is C20H23N3O7. The first-order valence-corrected chi connectivity index (χ1v) is 9.51. The first-order valence-electron chi connectivity index (χ1n) is 9.51. The average Bonchev–Trinajstić information content (AvgIpc) is 3.14. The van der Waals surface area contributed by atoms with Crippen LogP contribution in [0.4, 0.5) is 5.82 Å². The van der Waals surface area contributed by atoms with Gasteiger partial charge in [0.2, 0.25) is 0 Å². The molecule has 1 saturated heterocycles. The van der Waals surface area contributed by atoms with Gasteiger partial charge in [-0.1, -0.05) is 30.3 Å². The van der Waals surface area contributed by atoms with E-state index >= 15 is 0 Å². The van der Waals surface area contributed by atoms with Gasteiger partial charge in [-0.25, -0.2) is 4.79 Å². The quantitative estimate of drug-likeness (QED) is 0.508. The molecule has 1 aromatic carbocycles. The van der Waals surface area contributed by atoms with Crippen molar-refractivity contribution in [2.24, 2.45) is 0 Å². The van der Waals surface area contributed by atoms with Crippen LogP contribution in [0.1, 0.15) is 31.1 Å². The third kappa shape index (κ3) is 5.65. The highest BCUT2D eigenvalue weighted by molar-refractivity contribution is 5.76. The second-order valence-corrected chi connectivity index (χ2v) is 6.81. The van der Waals surface area contributed by atoms with E-state index in [4.69, 9.17) is 14.6 Å². The number of hydrogen-bond acceptors (Lipinski definition) is 8. The molecule has 160 valence electrons. The number of carboxylic acids is 1. The number of carboxylic acid groups (broad SMARTS) is 1. The van der Waals surface area contributed by atoms with E-state index in [-0.39, 0.29) is 19.3 Å². The number of esters is 1. The molecule has 10 heteroatoms. The molecule has 10 nitrogen and oxygen atoms in total. The number of carbonyl (C=O) groups is 2. The fourth-order valence-electron chi connectivity index (χ4n) is 3.11.